The molecule has 156 valence electrons. The molecule has 2 amide bonds. The third-order valence-corrected chi connectivity index (χ3v) is 5.53. The van der Waals surface area contributed by atoms with Crippen LogP contribution in [-0.4, -0.2) is 23.4 Å². The van der Waals surface area contributed by atoms with E-state index in [1.165, 1.54) is 13.8 Å². The van der Waals surface area contributed by atoms with Gasteiger partial charge in [0.25, 0.3) is 0 Å². The van der Waals surface area contributed by atoms with E-state index in [9.17, 15) is 19.2 Å². The predicted octanol–water partition coefficient (Wildman–Crippen LogP) is 4.48. The molecule has 2 atom stereocenters. The predicted molar refractivity (Wildman–Crippen MR) is 116 cm³/mol. The summed E-state index contributed by atoms with van der Waals surface area (Å²) < 4.78 is 0. The van der Waals surface area contributed by atoms with Crippen LogP contribution in [0.15, 0.2) is 48.5 Å². The van der Waals surface area contributed by atoms with E-state index < -0.39 is 0 Å². The Balaban J connectivity index is 1.57. The number of anilines is 2. The van der Waals surface area contributed by atoms with Crippen LogP contribution in [-0.2, 0) is 9.59 Å². The molecule has 6 heteroatoms. The van der Waals surface area contributed by atoms with Crippen LogP contribution < -0.4 is 10.6 Å². The van der Waals surface area contributed by atoms with Gasteiger partial charge >= 0.3 is 0 Å². The Morgan fingerprint density at radius 2 is 1.03 bits per heavy atom. The summed E-state index contributed by atoms with van der Waals surface area (Å²) in [4.78, 5) is 48.1. The van der Waals surface area contributed by atoms with E-state index in [-0.39, 0.29) is 35.2 Å². The molecule has 0 saturated heterocycles. The molecule has 2 aromatic carbocycles. The molecule has 0 aliphatic heterocycles. The normalized spacial score (nSPS) is 18.3. The van der Waals surface area contributed by atoms with E-state index in [0.29, 0.717) is 28.9 Å². The molecule has 0 unspecified atom stereocenters. The molecule has 0 radical (unpaired) electrons. The second kappa shape index (κ2) is 9.48. The van der Waals surface area contributed by atoms with Gasteiger partial charge in [0.2, 0.25) is 11.8 Å². The molecule has 1 aliphatic carbocycles. The highest BCUT2D eigenvalue weighted by atomic mass is 16.2. The molecular formula is C24H26N2O4. The Bertz CT molecular complexity index is 871. The first-order chi connectivity index (χ1) is 14.3. The highest BCUT2D eigenvalue weighted by Crippen LogP contribution is 2.31. The molecule has 1 fully saturated rings. The van der Waals surface area contributed by atoms with Crippen LogP contribution in [0.5, 0.6) is 0 Å². The lowest BCUT2D eigenvalue weighted by Gasteiger charge is -2.27. The summed E-state index contributed by atoms with van der Waals surface area (Å²) in [6.45, 7) is 3.00. The zero-order valence-corrected chi connectivity index (χ0v) is 17.2. The maximum absolute atomic E-state index is 12.7. The van der Waals surface area contributed by atoms with Crippen molar-refractivity contribution in [3.8, 4) is 0 Å². The Morgan fingerprint density at radius 1 is 0.667 bits per heavy atom. The summed E-state index contributed by atoms with van der Waals surface area (Å²) in [5.41, 5.74) is 2.47. The zero-order chi connectivity index (χ0) is 21.7. The Morgan fingerprint density at radius 3 is 1.37 bits per heavy atom. The Kier molecular flexibility index (Phi) is 6.77. The average Bonchev–Trinajstić information content (AvgIpc) is 2.74. The quantitative estimate of drug-likeness (QED) is 0.692. The van der Waals surface area contributed by atoms with E-state index in [0.717, 1.165) is 19.3 Å². The van der Waals surface area contributed by atoms with Gasteiger partial charge in [-0.3, -0.25) is 19.2 Å². The lowest BCUT2D eigenvalue weighted by atomic mass is 9.80. The van der Waals surface area contributed by atoms with Gasteiger partial charge in [-0.2, -0.15) is 0 Å². The van der Waals surface area contributed by atoms with Crippen LogP contribution in [0, 0.1) is 11.8 Å². The molecule has 1 saturated carbocycles. The van der Waals surface area contributed by atoms with Crippen molar-refractivity contribution in [1.82, 2.24) is 0 Å². The van der Waals surface area contributed by atoms with Crippen molar-refractivity contribution in [3.05, 3.63) is 59.7 Å². The lowest BCUT2D eigenvalue weighted by molar-refractivity contribution is -0.124. The van der Waals surface area contributed by atoms with Gasteiger partial charge in [0.1, 0.15) is 0 Å². The fraction of sp³-hybridized carbons (Fsp3) is 0.333. The number of amides is 2. The van der Waals surface area contributed by atoms with E-state index in [1.807, 2.05) is 0 Å². The molecule has 6 nitrogen and oxygen atoms in total. The van der Waals surface area contributed by atoms with Crippen molar-refractivity contribution < 1.29 is 19.2 Å². The molecule has 2 N–H and O–H groups in total. The van der Waals surface area contributed by atoms with E-state index >= 15 is 0 Å². The molecule has 3 rings (SSSR count). The number of nitrogens with one attached hydrogen (secondary N) is 2. The smallest absolute Gasteiger partial charge is 0.227 e. The standard InChI is InChI=1S/C24H26N2O4/c1-15(27)17-6-10-21(11-7-17)25-23(29)19-4-3-5-20(14-19)24(30)26-22-12-8-18(9-13-22)16(2)28/h6-13,19-20H,3-5,14H2,1-2H3,(H,25,29)(H,26,30)/t19-,20+. The highest BCUT2D eigenvalue weighted by molar-refractivity contribution is 5.98. The largest absolute Gasteiger partial charge is 0.326 e. The van der Waals surface area contributed by atoms with Crippen LogP contribution in [0.3, 0.4) is 0 Å². The molecule has 2 aromatic rings. The highest BCUT2D eigenvalue weighted by Gasteiger charge is 2.31. The summed E-state index contributed by atoms with van der Waals surface area (Å²) in [6.07, 6.45) is 2.79. The SMILES string of the molecule is CC(=O)c1ccc(NC(=O)[C@@H]2CCC[C@H](C(=O)Nc3ccc(C(C)=O)cc3)C2)cc1. The first kappa shape index (κ1) is 21.4. The van der Waals surface area contributed by atoms with E-state index in [1.54, 1.807) is 48.5 Å². The molecule has 30 heavy (non-hydrogen) atoms. The summed E-state index contributed by atoms with van der Waals surface area (Å²) in [5, 5.41) is 5.78. The van der Waals surface area contributed by atoms with Crippen molar-refractivity contribution in [2.45, 2.75) is 39.5 Å². The van der Waals surface area contributed by atoms with E-state index in [4.69, 9.17) is 0 Å². The number of carbonyl (C=O) groups excluding carboxylic acids is 4. The van der Waals surface area contributed by atoms with E-state index in [2.05, 4.69) is 10.6 Å². The Hall–Kier alpha value is -3.28. The molecule has 0 aromatic heterocycles. The average molecular weight is 406 g/mol. The minimum Gasteiger partial charge on any atom is -0.326 e. The van der Waals surface area contributed by atoms with Crippen molar-refractivity contribution in [3.63, 3.8) is 0 Å². The van der Waals surface area contributed by atoms with Gasteiger partial charge in [-0.1, -0.05) is 6.42 Å². The van der Waals surface area contributed by atoms with Crippen LogP contribution in [0.1, 0.15) is 60.2 Å². The first-order valence-electron chi connectivity index (χ1n) is 10.2. The molecule has 1 aliphatic rings. The topological polar surface area (TPSA) is 92.3 Å². The minimum absolute atomic E-state index is 0.0232. The van der Waals surface area contributed by atoms with Gasteiger partial charge in [0.15, 0.2) is 11.6 Å². The number of rotatable bonds is 6. The molecular weight excluding hydrogens is 380 g/mol. The zero-order valence-electron chi connectivity index (χ0n) is 17.2. The van der Waals surface area contributed by atoms with Gasteiger partial charge < -0.3 is 10.6 Å². The minimum atomic E-state index is -0.234. The third kappa shape index (κ3) is 5.41. The van der Waals surface area contributed by atoms with Crippen LogP contribution >= 0.6 is 0 Å². The van der Waals surface area contributed by atoms with Gasteiger partial charge in [-0.25, -0.2) is 0 Å². The van der Waals surface area contributed by atoms with Gasteiger partial charge in [0.05, 0.1) is 0 Å². The number of ketones is 2. The summed E-state index contributed by atoms with van der Waals surface area (Å²) in [7, 11) is 0. The van der Waals surface area contributed by atoms with Crippen LogP contribution in [0.25, 0.3) is 0 Å². The Labute approximate surface area is 176 Å². The van der Waals surface area contributed by atoms with Crippen molar-refractivity contribution in [2.24, 2.45) is 11.8 Å². The fourth-order valence-corrected chi connectivity index (χ4v) is 3.73. The fourth-order valence-electron chi connectivity index (χ4n) is 3.73. The number of Topliss-reactive ketones (excluding diaryl/α,β-unsaturated/α-hetero) is 2. The maximum atomic E-state index is 12.7. The van der Waals surface area contributed by atoms with Gasteiger partial charge in [-0.05, 0) is 81.6 Å². The first-order valence-corrected chi connectivity index (χ1v) is 10.2. The summed E-state index contributed by atoms with van der Waals surface area (Å²) in [6, 6.07) is 13.6. The van der Waals surface area contributed by atoms with Gasteiger partial charge in [0, 0.05) is 34.3 Å². The number of carbonyl (C=O) groups is 4. The lowest BCUT2D eigenvalue weighted by Crippen LogP contribution is -2.33. The third-order valence-electron chi connectivity index (χ3n) is 5.53. The number of benzene rings is 2. The van der Waals surface area contributed by atoms with Crippen molar-refractivity contribution in [2.75, 3.05) is 10.6 Å². The number of hydrogen-bond acceptors (Lipinski definition) is 4. The summed E-state index contributed by atoms with van der Waals surface area (Å²) in [5.74, 6) is -0.721. The number of hydrogen-bond donors (Lipinski definition) is 2. The molecule has 0 bridgehead atoms. The second-order valence-corrected chi connectivity index (χ2v) is 7.81. The molecule has 0 spiro atoms. The van der Waals surface area contributed by atoms with Crippen LogP contribution in [0.4, 0.5) is 11.4 Å². The molecule has 0 heterocycles. The van der Waals surface area contributed by atoms with Gasteiger partial charge in [-0.15, -0.1) is 0 Å². The summed E-state index contributed by atoms with van der Waals surface area (Å²) >= 11 is 0. The van der Waals surface area contributed by atoms with Crippen molar-refractivity contribution in [1.29, 1.82) is 0 Å². The second-order valence-electron chi connectivity index (χ2n) is 7.81. The van der Waals surface area contributed by atoms with Crippen LogP contribution in [0.2, 0.25) is 0 Å². The maximum Gasteiger partial charge on any atom is 0.227 e. The van der Waals surface area contributed by atoms with Crippen molar-refractivity contribution >= 4 is 34.8 Å². The monoisotopic (exact) mass is 406 g/mol.